The van der Waals surface area contributed by atoms with E-state index < -0.39 is 0 Å². The molecule has 0 spiro atoms. The van der Waals surface area contributed by atoms with E-state index in [0.29, 0.717) is 12.5 Å². The van der Waals surface area contributed by atoms with Crippen LogP contribution in [-0.2, 0) is 19.6 Å². The molecule has 6 heteroatoms. The monoisotopic (exact) mass is 379 g/mol. The molecule has 138 valence electrons. The lowest BCUT2D eigenvalue weighted by molar-refractivity contribution is 0.264. The molecular weight excluding hydrogens is 358 g/mol. The van der Waals surface area contributed by atoms with Crippen molar-refractivity contribution in [2.24, 2.45) is 0 Å². The number of thiophene rings is 1. The number of unbranched alkanes of at least 4 members (excludes halogenated alkanes) is 1. The Balaban J connectivity index is 1.22. The number of aromatic nitrogens is 3. The Labute approximate surface area is 162 Å². The van der Waals surface area contributed by atoms with E-state index in [-0.39, 0.29) is 0 Å². The Kier molecular flexibility index (Phi) is 5.64. The zero-order valence-corrected chi connectivity index (χ0v) is 15.8. The molecule has 4 aromatic rings. The molecule has 0 bridgehead atoms. The molecule has 0 saturated heterocycles. The van der Waals surface area contributed by atoms with Gasteiger partial charge in [-0.05, 0) is 48.4 Å². The van der Waals surface area contributed by atoms with Gasteiger partial charge in [0.25, 0.3) is 0 Å². The first kappa shape index (κ1) is 17.5. The van der Waals surface area contributed by atoms with Crippen molar-refractivity contribution in [3.63, 3.8) is 0 Å². The Morgan fingerprint density at radius 1 is 1.11 bits per heavy atom. The maximum atomic E-state index is 5.79. The van der Waals surface area contributed by atoms with Crippen molar-refractivity contribution < 1.29 is 9.15 Å². The van der Waals surface area contributed by atoms with E-state index in [0.717, 1.165) is 42.2 Å². The van der Waals surface area contributed by atoms with Crippen LogP contribution in [0.4, 0.5) is 0 Å². The second kappa shape index (κ2) is 8.68. The number of oxazole rings is 1. The van der Waals surface area contributed by atoms with E-state index in [2.05, 4.69) is 26.7 Å². The van der Waals surface area contributed by atoms with Gasteiger partial charge in [0.15, 0.2) is 12.4 Å². The lowest BCUT2D eigenvalue weighted by Gasteiger charge is -2.06. The normalized spacial score (nSPS) is 11.0. The summed E-state index contributed by atoms with van der Waals surface area (Å²) < 4.78 is 13.6. The van der Waals surface area contributed by atoms with Crippen LogP contribution < -0.4 is 4.74 Å². The second-order valence-corrected chi connectivity index (χ2v) is 7.23. The number of aryl methyl sites for hydroxylation is 2. The van der Waals surface area contributed by atoms with E-state index in [1.807, 2.05) is 48.4 Å². The van der Waals surface area contributed by atoms with Crippen LogP contribution in [0.15, 0.2) is 71.1 Å². The molecule has 0 saturated carbocycles. The average Bonchev–Trinajstić information content (AvgIpc) is 3.47. The summed E-state index contributed by atoms with van der Waals surface area (Å²) in [6.45, 7) is 1.35. The zero-order valence-electron chi connectivity index (χ0n) is 15.0. The fourth-order valence-electron chi connectivity index (χ4n) is 2.85. The molecule has 0 amide bonds. The minimum absolute atomic E-state index is 0.329. The summed E-state index contributed by atoms with van der Waals surface area (Å²) in [5.74, 6) is 2.20. The first-order valence-electron chi connectivity index (χ1n) is 9.03. The van der Waals surface area contributed by atoms with Crippen molar-refractivity contribution in [1.29, 1.82) is 0 Å². The van der Waals surface area contributed by atoms with Crippen molar-refractivity contribution in [2.45, 2.75) is 32.4 Å². The van der Waals surface area contributed by atoms with E-state index in [9.17, 15) is 0 Å². The predicted molar refractivity (Wildman–Crippen MR) is 106 cm³/mol. The zero-order chi connectivity index (χ0) is 18.3. The van der Waals surface area contributed by atoms with Gasteiger partial charge in [-0.25, -0.2) is 9.97 Å². The van der Waals surface area contributed by atoms with Crippen LogP contribution in [0, 0.1) is 0 Å². The van der Waals surface area contributed by atoms with Crippen LogP contribution in [0.2, 0.25) is 0 Å². The Hall–Kier alpha value is -2.86. The minimum Gasteiger partial charge on any atom is -0.484 e. The molecular formula is C21H21N3O2S. The maximum absolute atomic E-state index is 5.79. The molecule has 0 fully saturated rings. The highest BCUT2D eigenvalue weighted by Gasteiger charge is 2.07. The summed E-state index contributed by atoms with van der Waals surface area (Å²) in [4.78, 5) is 9.42. The van der Waals surface area contributed by atoms with Crippen LogP contribution in [-0.4, -0.2) is 14.5 Å². The maximum Gasteiger partial charge on any atom is 0.232 e. The minimum atomic E-state index is 0.329. The molecule has 0 N–H and O–H groups in total. The molecule has 3 aromatic heterocycles. The van der Waals surface area contributed by atoms with Gasteiger partial charge in [0, 0.05) is 18.9 Å². The highest BCUT2D eigenvalue weighted by Crippen LogP contribution is 2.25. The van der Waals surface area contributed by atoms with Gasteiger partial charge in [-0.2, -0.15) is 0 Å². The fraction of sp³-hybridized carbons (Fsp3) is 0.238. The lowest BCUT2D eigenvalue weighted by atomic mass is 10.1. The van der Waals surface area contributed by atoms with Crippen LogP contribution >= 0.6 is 11.3 Å². The second-order valence-electron chi connectivity index (χ2n) is 6.29. The van der Waals surface area contributed by atoms with Gasteiger partial charge >= 0.3 is 0 Å². The van der Waals surface area contributed by atoms with Crippen LogP contribution in [0.3, 0.4) is 0 Å². The molecule has 0 atom stereocenters. The Bertz CT molecular complexity index is 928. The van der Waals surface area contributed by atoms with Crippen LogP contribution in [0.25, 0.3) is 10.6 Å². The SMILES string of the molecule is c1csc(-c2cnc(COc3ccc(CCCCn4ccnc4)cc3)o2)c1. The smallest absolute Gasteiger partial charge is 0.232 e. The molecule has 0 aliphatic rings. The summed E-state index contributed by atoms with van der Waals surface area (Å²) in [6, 6.07) is 12.3. The van der Waals surface area contributed by atoms with E-state index in [1.165, 1.54) is 5.56 Å². The number of rotatable bonds is 9. The molecule has 4 rings (SSSR count). The Morgan fingerprint density at radius 2 is 2.04 bits per heavy atom. The van der Waals surface area contributed by atoms with Crippen molar-refractivity contribution in [3.8, 4) is 16.4 Å². The van der Waals surface area contributed by atoms with Crippen molar-refractivity contribution in [2.75, 3.05) is 0 Å². The van der Waals surface area contributed by atoms with Gasteiger partial charge in [-0.1, -0.05) is 18.2 Å². The van der Waals surface area contributed by atoms with Gasteiger partial charge < -0.3 is 13.7 Å². The first-order chi connectivity index (χ1) is 13.4. The summed E-state index contributed by atoms with van der Waals surface area (Å²) in [7, 11) is 0. The van der Waals surface area contributed by atoms with Crippen LogP contribution in [0.1, 0.15) is 24.3 Å². The largest absolute Gasteiger partial charge is 0.484 e. The van der Waals surface area contributed by atoms with E-state index >= 15 is 0 Å². The number of hydrogen-bond acceptors (Lipinski definition) is 5. The summed E-state index contributed by atoms with van der Waals surface area (Å²) >= 11 is 1.63. The van der Waals surface area contributed by atoms with Gasteiger partial charge in [0.2, 0.25) is 5.89 Å². The van der Waals surface area contributed by atoms with Crippen molar-refractivity contribution in [3.05, 3.63) is 78.2 Å². The molecule has 0 aliphatic heterocycles. The molecule has 0 unspecified atom stereocenters. The van der Waals surface area contributed by atoms with E-state index in [4.69, 9.17) is 9.15 Å². The third-order valence-corrected chi connectivity index (χ3v) is 5.18. The number of ether oxygens (including phenoxy) is 1. The Morgan fingerprint density at radius 3 is 2.81 bits per heavy atom. The molecule has 0 aliphatic carbocycles. The number of hydrogen-bond donors (Lipinski definition) is 0. The molecule has 27 heavy (non-hydrogen) atoms. The van der Waals surface area contributed by atoms with Gasteiger partial charge in [-0.15, -0.1) is 11.3 Å². The van der Waals surface area contributed by atoms with Crippen molar-refractivity contribution in [1.82, 2.24) is 14.5 Å². The standard InChI is InChI=1S/C21H21N3O2S/c1(2-11-24-12-10-22-16-24)4-17-6-8-18(9-7-17)25-15-21-23-14-19(26-21)20-5-3-13-27-20/h3,5-10,12-14,16H,1-2,4,11,15H2. The average molecular weight is 379 g/mol. The molecule has 0 radical (unpaired) electrons. The third kappa shape index (κ3) is 4.86. The highest BCUT2D eigenvalue weighted by molar-refractivity contribution is 7.13. The molecule has 1 aromatic carbocycles. The van der Waals surface area contributed by atoms with Crippen LogP contribution in [0.5, 0.6) is 5.75 Å². The summed E-state index contributed by atoms with van der Waals surface area (Å²) in [6.07, 6.45) is 10.8. The summed E-state index contributed by atoms with van der Waals surface area (Å²) in [5.41, 5.74) is 1.32. The summed E-state index contributed by atoms with van der Waals surface area (Å²) in [5, 5.41) is 2.02. The van der Waals surface area contributed by atoms with Crippen molar-refractivity contribution >= 4 is 11.3 Å². The predicted octanol–water partition coefficient (Wildman–Crippen LogP) is 5.20. The highest BCUT2D eigenvalue weighted by atomic mass is 32.1. The van der Waals surface area contributed by atoms with Gasteiger partial charge in [0.05, 0.1) is 17.4 Å². The lowest BCUT2D eigenvalue weighted by Crippen LogP contribution is -1.97. The molecule has 3 heterocycles. The van der Waals surface area contributed by atoms with E-state index in [1.54, 1.807) is 17.5 Å². The molecule has 5 nitrogen and oxygen atoms in total. The fourth-order valence-corrected chi connectivity index (χ4v) is 3.52. The number of nitrogens with zero attached hydrogens (tertiary/aromatic N) is 3. The van der Waals surface area contributed by atoms with Gasteiger partial charge in [-0.3, -0.25) is 0 Å². The topological polar surface area (TPSA) is 53.1 Å². The van der Waals surface area contributed by atoms with Gasteiger partial charge in [0.1, 0.15) is 5.75 Å². The quantitative estimate of drug-likeness (QED) is 0.375. The number of benzene rings is 1. The first-order valence-corrected chi connectivity index (χ1v) is 9.91. The number of imidazole rings is 1. The third-order valence-electron chi connectivity index (χ3n) is 4.29.